The molecule has 5 heteroatoms. The van der Waals surface area contributed by atoms with Crippen molar-refractivity contribution in [1.29, 1.82) is 0 Å². The molecule has 0 radical (unpaired) electrons. The second kappa shape index (κ2) is 5.12. The summed E-state index contributed by atoms with van der Waals surface area (Å²) in [6.07, 6.45) is 4.84. The van der Waals surface area contributed by atoms with Crippen molar-refractivity contribution in [1.82, 2.24) is 9.38 Å². The Morgan fingerprint density at radius 3 is 2.96 bits per heavy atom. The van der Waals surface area contributed by atoms with Gasteiger partial charge in [0.1, 0.15) is 0 Å². The first-order chi connectivity index (χ1) is 11.2. The molecule has 0 aliphatic carbocycles. The number of nitrogens with zero attached hydrogens (tertiary/aromatic N) is 3. The van der Waals surface area contributed by atoms with E-state index in [-0.39, 0.29) is 5.91 Å². The lowest BCUT2D eigenvalue weighted by Crippen LogP contribution is -2.25. The molecule has 0 saturated carbocycles. The van der Waals surface area contributed by atoms with Crippen molar-refractivity contribution in [3.8, 4) is 17.0 Å². The molecule has 5 nitrogen and oxygen atoms in total. The van der Waals surface area contributed by atoms with E-state index < -0.39 is 0 Å². The number of fused-ring (bicyclic) bond motifs is 2. The van der Waals surface area contributed by atoms with Gasteiger partial charge in [0.25, 0.3) is 0 Å². The van der Waals surface area contributed by atoms with Crippen LogP contribution in [0, 0.1) is 0 Å². The molecule has 0 N–H and O–H groups in total. The normalized spacial score (nSPS) is 13.4. The van der Waals surface area contributed by atoms with Gasteiger partial charge in [-0.1, -0.05) is 6.07 Å². The number of pyridine rings is 1. The van der Waals surface area contributed by atoms with Crippen LogP contribution in [0.5, 0.6) is 5.75 Å². The van der Waals surface area contributed by atoms with Crippen molar-refractivity contribution < 1.29 is 9.53 Å². The van der Waals surface area contributed by atoms with Crippen molar-refractivity contribution in [2.24, 2.45) is 0 Å². The zero-order chi connectivity index (χ0) is 16.0. The number of imidazole rings is 1. The van der Waals surface area contributed by atoms with Gasteiger partial charge in [-0.25, -0.2) is 4.98 Å². The first-order valence-corrected chi connectivity index (χ1v) is 7.60. The molecule has 0 unspecified atom stereocenters. The van der Waals surface area contributed by atoms with Crippen LogP contribution in [0.25, 0.3) is 16.9 Å². The second-order valence-corrected chi connectivity index (χ2v) is 5.70. The molecule has 0 fully saturated rings. The molecule has 2 aromatic heterocycles. The quantitative estimate of drug-likeness (QED) is 0.731. The van der Waals surface area contributed by atoms with Crippen LogP contribution in [-0.2, 0) is 11.2 Å². The molecule has 1 aliphatic rings. The van der Waals surface area contributed by atoms with Gasteiger partial charge in [-0.15, -0.1) is 0 Å². The Bertz CT molecular complexity index is 914. The number of aromatic nitrogens is 2. The number of carbonyl (C=O) groups excluding carboxylic acids is 1. The summed E-state index contributed by atoms with van der Waals surface area (Å²) in [5.74, 6) is 0.844. The average Bonchev–Trinajstić information content (AvgIpc) is 3.17. The van der Waals surface area contributed by atoms with Crippen LogP contribution in [0.2, 0.25) is 0 Å². The van der Waals surface area contributed by atoms with Crippen molar-refractivity contribution >= 4 is 17.2 Å². The van der Waals surface area contributed by atoms with E-state index in [1.807, 2.05) is 46.0 Å². The fourth-order valence-electron chi connectivity index (χ4n) is 3.17. The molecule has 0 spiro atoms. The molecule has 0 atom stereocenters. The Kier molecular flexibility index (Phi) is 3.08. The zero-order valence-electron chi connectivity index (χ0n) is 13.1. The first-order valence-electron chi connectivity index (χ1n) is 7.60. The van der Waals surface area contributed by atoms with E-state index in [4.69, 9.17) is 9.72 Å². The first kappa shape index (κ1) is 13.8. The summed E-state index contributed by atoms with van der Waals surface area (Å²) in [6.45, 7) is 2.37. The SMILES string of the molecule is COc1cccn2cc(-c3ccc4c(c3)CCN4C(C)=O)nc12. The maximum atomic E-state index is 11.6. The topological polar surface area (TPSA) is 46.8 Å². The highest BCUT2D eigenvalue weighted by molar-refractivity contribution is 5.94. The summed E-state index contributed by atoms with van der Waals surface area (Å²) in [5, 5.41) is 0. The van der Waals surface area contributed by atoms with E-state index >= 15 is 0 Å². The third-order valence-electron chi connectivity index (χ3n) is 4.32. The molecule has 1 amide bonds. The Hall–Kier alpha value is -2.82. The molecule has 1 aliphatic heterocycles. The van der Waals surface area contributed by atoms with E-state index in [1.54, 1.807) is 14.0 Å². The van der Waals surface area contributed by atoms with Crippen molar-refractivity contribution in [3.05, 3.63) is 48.3 Å². The fourth-order valence-corrected chi connectivity index (χ4v) is 3.17. The zero-order valence-corrected chi connectivity index (χ0v) is 13.1. The Morgan fingerprint density at radius 1 is 1.30 bits per heavy atom. The van der Waals surface area contributed by atoms with Crippen molar-refractivity contribution in [3.63, 3.8) is 0 Å². The van der Waals surface area contributed by atoms with E-state index in [2.05, 4.69) is 6.07 Å². The number of rotatable bonds is 2. The fraction of sp³-hybridized carbons (Fsp3) is 0.222. The summed E-state index contributed by atoms with van der Waals surface area (Å²) >= 11 is 0. The number of ether oxygens (including phenoxy) is 1. The monoisotopic (exact) mass is 307 g/mol. The average molecular weight is 307 g/mol. The van der Waals surface area contributed by atoms with Crippen LogP contribution in [0.4, 0.5) is 5.69 Å². The summed E-state index contributed by atoms with van der Waals surface area (Å²) in [6, 6.07) is 10.0. The molecule has 23 heavy (non-hydrogen) atoms. The summed E-state index contributed by atoms with van der Waals surface area (Å²) in [5.41, 5.74) is 4.97. The Labute approximate surface area is 134 Å². The van der Waals surface area contributed by atoms with Crippen LogP contribution >= 0.6 is 0 Å². The van der Waals surface area contributed by atoms with Crippen LogP contribution in [0.3, 0.4) is 0 Å². The molecule has 116 valence electrons. The van der Waals surface area contributed by atoms with Gasteiger partial charge in [-0.2, -0.15) is 0 Å². The lowest BCUT2D eigenvalue weighted by atomic mass is 10.1. The predicted molar refractivity (Wildman–Crippen MR) is 88.9 cm³/mol. The highest BCUT2D eigenvalue weighted by Crippen LogP contribution is 2.32. The number of carbonyl (C=O) groups is 1. The maximum absolute atomic E-state index is 11.6. The standard InChI is InChI=1S/C18H17N3O2/c1-12(22)21-9-7-14-10-13(5-6-16(14)21)15-11-20-8-3-4-17(23-2)18(20)19-15/h3-6,8,10-11H,7,9H2,1-2H3. The van der Waals surface area contributed by atoms with Gasteiger partial charge in [0.05, 0.1) is 12.8 Å². The van der Waals surface area contributed by atoms with Crippen LogP contribution < -0.4 is 9.64 Å². The molecule has 1 aromatic carbocycles. The second-order valence-electron chi connectivity index (χ2n) is 5.70. The van der Waals surface area contributed by atoms with Gasteiger partial charge in [0.15, 0.2) is 11.4 Å². The lowest BCUT2D eigenvalue weighted by molar-refractivity contribution is -0.116. The van der Waals surface area contributed by atoms with E-state index in [0.717, 1.165) is 41.3 Å². The van der Waals surface area contributed by atoms with Gasteiger partial charge in [-0.3, -0.25) is 4.79 Å². The highest BCUT2D eigenvalue weighted by atomic mass is 16.5. The summed E-state index contributed by atoms with van der Waals surface area (Å²) < 4.78 is 7.33. The smallest absolute Gasteiger partial charge is 0.223 e. The largest absolute Gasteiger partial charge is 0.493 e. The lowest BCUT2D eigenvalue weighted by Gasteiger charge is -2.14. The molecular formula is C18H17N3O2. The minimum absolute atomic E-state index is 0.0916. The van der Waals surface area contributed by atoms with Crippen LogP contribution in [-0.4, -0.2) is 28.9 Å². The van der Waals surface area contributed by atoms with E-state index in [9.17, 15) is 4.79 Å². The molecule has 3 aromatic rings. The third kappa shape index (κ3) is 2.16. The number of anilines is 1. The van der Waals surface area contributed by atoms with E-state index in [0.29, 0.717) is 0 Å². The van der Waals surface area contributed by atoms with Gasteiger partial charge in [0, 0.05) is 37.1 Å². The minimum atomic E-state index is 0.0916. The number of benzene rings is 1. The third-order valence-corrected chi connectivity index (χ3v) is 4.32. The van der Waals surface area contributed by atoms with Gasteiger partial charge in [-0.05, 0) is 36.2 Å². The molecular weight excluding hydrogens is 290 g/mol. The van der Waals surface area contributed by atoms with Crippen LogP contribution in [0.15, 0.2) is 42.7 Å². The molecule has 0 saturated heterocycles. The molecule has 3 heterocycles. The number of methoxy groups -OCH3 is 1. The number of amides is 1. The molecule has 0 bridgehead atoms. The Morgan fingerprint density at radius 2 is 2.17 bits per heavy atom. The summed E-state index contributed by atoms with van der Waals surface area (Å²) in [4.78, 5) is 18.2. The molecule has 4 rings (SSSR count). The van der Waals surface area contributed by atoms with Crippen LogP contribution in [0.1, 0.15) is 12.5 Å². The highest BCUT2D eigenvalue weighted by Gasteiger charge is 2.22. The summed E-state index contributed by atoms with van der Waals surface area (Å²) in [7, 11) is 1.65. The maximum Gasteiger partial charge on any atom is 0.223 e. The minimum Gasteiger partial charge on any atom is -0.493 e. The van der Waals surface area contributed by atoms with Gasteiger partial charge < -0.3 is 14.0 Å². The van der Waals surface area contributed by atoms with Gasteiger partial charge in [0.2, 0.25) is 5.91 Å². The predicted octanol–water partition coefficient (Wildman–Crippen LogP) is 2.92. The number of hydrogen-bond acceptors (Lipinski definition) is 3. The Balaban J connectivity index is 1.79. The van der Waals surface area contributed by atoms with E-state index in [1.165, 1.54) is 5.56 Å². The van der Waals surface area contributed by atoms with Crippen molar-refractivity contribution in [2.75, 3.05) is 18.6 Å². The van der Waals surface area contributed by atoms with Gasteiger partial charge >= 0.3 is 0 Å². The number of hydrogen-bond donors (Lipinski definition) is 0. The van der Waals surface area contributed by atoms with Crippen molar-refractivity contribution in [2.45, 2.75) is 13.3 Å².